The van der Waals surface area contributed by atoms with Crippen LogP contribution in [0.2, 0.25) is 0 Å². The summed E-state index contributed by atoms with van der Waals surface area (Å²) in [5.74, 6) is 1.57. The fraction of sp³-hybridized carbons (Fsp3) is 0.0370. The number of hydrogen-bond acceptors (Lipinski definition) is 3. The normalized spacial score (nSPS) is 11.7. The Hall–Kier alpha value is -7.36. The maximum absolute atomic E-state index is 6.07. The molecule has 0 aliphatic rings. The molecule has 0 spiro atoms. The SMILES string of the molecule is C(=Cc1ccc(C(c2ccccc2)c2ccc(OCOc3ccc(N(c4ccccc4)c4ccc(C=Cc5ccccc5)cc4)cc3)cc2)cc1)c1ccccc1. The molecule has 1 unspecified atom stereocenters. The smallest absolute Gasteiger partial charge is 0.230 e. The Morgan fingerprint density at radius 2 is 0.632 bits per heavy atom. The van der Waals surface area contributed by atoms with Crippen molar-refractivity contribution in [2.45, 2.75) is 5.92 Å². The third-order valence-electron chi connectivity index (χ3n) is 9.86. The maximum Gasteiger partial charge on any atom is 0.230 e. The van der Waals surface area contributed by atoms with E-state index in [2.05, 4.69) is 205 Å². The van der Waals surface area contributed by atoms with Gasteiger partial charge < -0.3 is 14.4 Å². The summed E-state index contributed by atoms with van der Waals surface area (Å²) in [5.41, 5.74) is 11.5. The van der Waals surface area contributed by atoms with E-state index < -0.39 is 0 Å². The minimum atomic E-state index is 0.0898. The van der Waals surface area contributed by atoms with Crippen LogP contribution in [0.1, 0.15) is 44.9 Å². The highest BCUT2D eigenvalue weighted by atomic mass is 16.7. The zero-order chi connectivity index (χ0) is 38.5. The molecule has 0 aliphatic heterocycles. The van der Waals surface area contributed by atoms with Gasteiger partial charge in [-0.3, -0.25) is 0 Å². The lowest BCUT2D eigenvalue weighted by Crippen LogP contribution is -2.10. The van der Waals surface area contributed by atoms with E-state index in [1.165, 1.54) is 33.4 Å². The summed E-state index contributed by atoms with van der Waals surface area (Å²) in [6, 6.07) is 75.7. The molecule has 0 saturated carbocycles. The van der Waals surface area contributed by atoms with Gasteiger partial charge in [-0.25, -0.2) is 0 Å². The Morgan fingerprint density at radius 1 is 0.316 bits per heavy atom. The van der Waals surface area contributed by atoms with Gasteiger partial charge in [-0.1, -0.05) is 182 Å². The topological polar surface area (TPSA) is 21.7 Å². The molecule has 8 aromatic carbocycles. The summed E-state index contributed by atoms with van der Waals surface area (Å²) in [4.78, 5) is 2.24. The van der Waals surface area contributed by atoms with Crippen molar-refractivity contribution < 1.29 is 9.47 Å². The van der Waals surface area contributed by atoms with E-state index >= 15 is 0 Å². The van der Waals surface area contributed by atoms with Gasteiger partial charge in [-0.2, -0.15) is 0 Å². The molecule has 57 heavy (non-hydrogen) atoms. The molecular weight excluding hydrogens is 695 g/mol. The van der Waals surface area contributed by atoms with E-state index in [4.69, 9.17) is 9.47 Å². The second-order valence-electron chi connectivity index (χ2n) is 13.7. The second-order valence-corrected chi connectivity index (χ2v) is 13.7. The maximum atomic E-state index is 6.07. The van der Waals surface area contributed by atoms with Gasteiger partial charge in [0, 0.05) is 23.0 Å². The Kier molecular flexibility index (Phi) is 11.8. The molecule has 0 N–H and O–H groups in total. The molecule has 0 saturated heterocycles. The van der Waals surface area contributed by atoms with Crippen LogP contribution in [0.25, 0.3) is 24.3 Å². The number of nitrogens with zero attached hydrogens (tertiary/aromatic N) is 1. The van der Waals surface area contributed by atoms with Gasteiger partial charge in [0.05, 0.1) is 0 Å². The lowest BCUT2D eigenvalue weighted by atomic mass is 9.85. The van der Waals surface area contributed by atoms with Crippen molar-refractivity contribution in [3.8, 4) is 11.5 Å². The molecule has 3 heteroatoms. The summed E-state index contributed by atoms with van der Waals surface area (Å²) < 4.78 is 12.1. The molecule has 276 valence electrons. The van der Waals surface area contributed by atoms with E-state index in [0.717, 1.165) is 34.1 Å². The van der Waals surface area contributed by atoms with Crippen molar-refractivity contribution in [3.63, 3.8) is 0 Å². The Balaban J connectivity index is 0.917. The average Bonchev–Trinajstić information content (AvgIpc) is 3.28. The van der Waals surface area contributed by atoms with Crippen LogP contribution in [-0.2, 0) is 0 Å². The molecule has 8 rings (SSSR count). The first-order valence-corrected chi connectivity index (χ1v) is 19.3. The quantitative estimate of drug-likeness (QED) is 0.0630. The van der Waals surface area contributed by atoms with Gasteiger partial charge in [0.1, 0.15) is 11.5 Å². The van der Waals surface area contributed by atoms with Crippen LogP contribution in [0.4, 0.5) is 17.1 Å². The van der Waals surface area contributed by atoms with Gasteiger partial charge in [-0.05, 0) is 99.6 Å². The number of ether oxygens (including phenoxy) is 2. The van der Waals surface area contributed by atoms with Gasteiger partial charge in [0.25, 0.3) is 0 Å². The van der Waals surface area contributed by atoms with E-state index in [0.29, 0.717) is 0 Å². The van der Waals surface area contributed by atoms with E-state index in [9.17, 15) is 0 Å². The van der Waals surface area contributed by atoms with Crippen LogP contribution >= 0.6 is 0 Å². The monoisotopic (exact) mass is 737 g/mol. The van der Waals surface area contributed by atoms with Crippen LogP contribution < -0.4 is 14.4 Å². The summed E-state index contributed by atoms with van der Waals surface area (Å²) in [6.45, 7) is 0.0964. The first-order chi connectivity index (χ1) is 28.2. The first-order valence-electron chi connectivity index (χ1n) is 19.3. The zero-order valence-electron chi connectivity index (χ0n) is 31.6. The lowest BCUT2D eigenvalue weighted by Gasteiger charge is -2.25. The number of hydrogen-bond donors (Lipinski definition) is 0. The molecule has 1 atom stereocenters. The largest absolute Gasteiger partial charge is 0.458 e. The van der Waals surface area contributed by atoms with Crippen molar-refractivity contribution in [2.24, 2.45) is 0 Å². The summed E-state index contributed by atoms with van der Waals surface area (Å²) in [7, 11) is 0. The van der Waals surface area contributed by atoms with Gasteiger partial charge in [0.15, 0.2) is 0 Å². The molecule has 0 radical (unpaired) electrons. The van der Waals surface area contributed by atoms with Gasteiger partial charge in [-0.15, -0.1) is 0 Å². The highest BCUT2D eigenvalue weighted by molar-refractivity contribution is 5.78. The first kappa shape index (κ1) is 36.6. The molecule has 0 amide bonds. The van der Waals surface area contributed by atoms with Crippen LogP contribution in [0.15, 0.2) is 218 Å². The number of benzene rings is 8. The molecule has 0 aromatic heterocycles. The predicted octanol–water partition coefficient (Wildman–Crippen LogP) is 14.1. The third-order valence-corrected chi connectivity index (χ3v) is 9.86. The highest BCUT2D eigenvalue weighted by Crippen LogP contribution is 2.36. The fourth-order valence-electron chi connectivity index (χ4n) is 6.91. The number of para-hydroxylation sites is 1. The second kappa shape index (κ2) is 18.3. The molecule has 3 nitrogen and oxygen atoms in total. The van der Waals surface area contributed by atoms with Gasteiger partial charge in [0.2, 0.25) is 6.79 Å². The Bertz CT molecular complexity index is 2300. The van der Waals surface area contributed by atoms with Crippen molar-refractivity contribution >= 4 is 41.4 Å². The van der Waals surface area contributed by atoms with E-state index in [-0.39, 0.29) is 12.7 Å². The van der Waals surface area contributed by atoms with Crippen molar-refractivity contribution in [2.75, 3.05) is 11.7 Å². The summed E-state index contributed by atoms with van der Waals surface area (Å²) in [5, 5.41) is 0. The lowest BCUT2D eigenvalue weighted by molar-refractivity contribution is 0.120. The van der Waals surface area contributed by atoms with Crippen molar-refractivity contribution in [3.05, 3.63) is 257 Å². The standard InChI is InChI=1S/C54H43NO2/c1-5-13-42(14-6-1)21-23-44-25-29-47(30-26-44)54(46-17-9-3-10-18-46)48-31-37-52(38-32-48)56-41-57-53-39-35-51(36-40-53)55(49-19-11-4-12-20-49)50-33-27-45(28-34-50)24-22-43-15-7-2-8-16-43/h1-40,54H,41H2. The molecule has 0 bridgehead atoms. The van der Waals surface area contributed by atoms with Crippen LogP contribution in [0.5, 0.6) is 11.5 Å². The van der Waals surface area contributed by atoms with Gasteiger partial charge >= 0.3 is 0 Å². The van der Waals surface area contributed by atoms with Crippen molar-refractivity contribution in [1.82, 2.24) is 0 Å². The minimum absolute atomic E-state index is 0.0898. The fourth-order valence-corrected chi connectivity index (χ4v) is 6.91. The van der Waals surface area contributed by atoms with Crippen LogP contribution in [-0.4, -0.2) is 6.79 Å². The van der Waals surface area contributed by atoms with Crippen LogP contribution in [0.3, 0.4) is 0 Å². The summed E-state index contributed by atoms with van der Waals surface area (Å²) in [6.07, 6.45) is 8.58. The van der Waals surface area contributed by atoms with Crippen molar-refractivity contribution in [1.29, 1.82) is 0 Å². The minimum Gasteiger partial charge on any atom is -0.458 e. The van der Waals surface area contributed by atoms with E-state index in [1.807, 2.05) is 42.5 Å². The molecule has 0 aliphatic carbocycles. The number of anilines is 3. The van der Waals surface area contributed by atoms with E-state index in [1.54, 1.807) is 0 Å². The van der Waals surface area contributed by atoms with Crippen LogP contribution in [0, 0.1) is 0 Å². The average molecular weight is 738 g/mol. The third kappa shape index (κ3) is 9.66. The zero-order valence-corrected chi connectivity index (χ0v) is 31.6. The predicted molar refractivity (Wildman–Crippen MR) is 238 cm³/mol. The molecule has 0 fully saturated rings. The Morgan fingerprint density at radius 3 is 1.11 bits per heavy atom. The highest BCUT2D eigenvalue weighted by Gasteiger charge is 2.17. The molecule has 0 heterocycles. The summed E-state index contributed by atoms with van der Waals surface area (Å²) >= 11 is 0. The molecule has 8 aromatic rings. The molecular formula is C54H43NO2. The Labute approximate surface area is 336 Å². The number of rotatable bonds is 14.